The van der Waals surface area contributed by atoms with Crippen LogP contribution < -0.4 is 0 Å². The third-order valence-electron chi connectivity index (χ3n) is 3.98. The Morgan fingerprint density at radius 1 is 0.909 bits per heavy atom. The summed E-state index contributed by atoms with van der Waals surface area (Å²) in [6.45, 7) is 7.89. The summed E-state index contributed by atoms with van der Waals surface area (Å²) in [5.41, 5.74) is 0. The number of hydrogen-bond donors (Lipinski definition) is 1. The SMILES string of the molecule is CC1(C)O[C@H]2[C@@H](O1)[C@@H](C[Se]CCCO)O[C@@H]1OC(C)(C)O[C@@H]12. The third kappa shape index (κ3) is 3.52. The fourth-order valence-corrected chi connectivity index (χ4v) is 5.29. The molecule has 0 amide bonds. The van der Waals surface area contributed by atoms with E-state index in [0.717, 1.165) is 17.1 Å². The molecule has 3 heterocycles. The molecular weight excluding hydrogens is 355 g/mol. The van der Waals surface area contributed by atoms with Crippen molar-refractivity contribution >= 4 is 15.0 Å². The summed E-state index contributed by atoms with van der Waals surface area (Å²) in [4.78, 5) is 0. The Morgan fingerprint density at radius 3 is 2.27 bits per heavy atom. The second-order valence-corrected chi connectivity index (χ2v) is 9.27. The van der Waals surface area contributed by atoms with Crippen molar-refractivity contribution in [2.24, 2.45) is 0 Å². The molecule has 1 N–H and O–H groups in total. The molecule has 0 aromatic heterocycles. The molecule has 7 heteroatoms. The first-order chi connectivity index (χ1) is 10.3. The average Bonchev–Trinajstić information content (AvgIpc) is 2.89. The molecule has 0 aliphatic carbocycles. The summed E-state index contributed by atoms with van der Waals surface area (Å²) < 4.78 is 30.1. The van der Waals surface area contributed by atoms with Gasteiger partial charge in [-0.15, -0.1) is 0 Å². The van der Waals surface area contributed by atoms with Gasteiger partial charge in [0.1, 0.15) is 0 Å². The second kappa shape index (κ2) is 6.30. The monoisotopic (exact) mass is 382 g/mol. The maximum atomic E-state index is 8.90. The van der Waals surface area contributed by atoms with Gasteiger partial charge in [-0.3, -0.25) is 0 Å². The standard InChI is InChI=1S/C15H26O6Se/c1-14(2)18-10-9(8-22-7-5-6-16)17-13-12(11(10)19-14)20-15(3,4)21-13/h9-13,16H,5-8H2,1-4H3/t9-,10+,11+,12-,13-/m1/s1. The van der Waals surface area contributed by atoms with E-state index >= 15 is 0 Å². The van der Waals surface area contributed by atoms with Crippen LogP contribution >= 0.6 is 0 Å². The number of rotatable bonds is 5. The third-order valence-corrected chi connectivity index (χ3v) is 6.37. The predicted octanol–water partition coefficient (Wildman–Crippen LogP) is 1.31. The fourth-order valence-electron chi connectivity index (χ4n) is 3.19. The molecule has 0 aromatic carbocycles. The van der Waals surface area contributed by atoms with Gasteiger partial charge in [0.05, 0.1) is 0 Å². The summed E-state index contributed by atoms with van der Waals surface area (Å²) in [6, 6.07) is 0. The van der Waals surface area contributed by atoms with E-state index in [4.69, 9.17) is 28.8 Å². The normalized spacial score (nSPS) is 42.1. The number of ether oxygens (including phenoxy) is 5. The summed E-state index contributed by atoms with van der Waals surface area (Å²) in [7, 11) is 0. The Labute approximate surface area is 137 Å². The van der Waals surface area contributed by atoms with Crippen LogP contribution in [0.15, 0.2) is 0 Å². The quantitative estimate of drug-likeness (QED) is 0.572. The molecule has 3 rings (SSSR count). The average molecular weight is 381 g/mol. The number of aliphatic hydroxyl groups is 1. The Bertz CT molecular complexity index is 401. The van der Waals surface area contributed by atoms with E-state index in [2.05, 4.69) is 0 Å². The first-order valence-corrected chi connectivity index (χ1v) is 10.3. The maximum absolute atomic E-state index is 8.90. The molecule has 0 saturated carbocycles. The molecule has 3 aliphatic heterocycles. The van der Waals surface area contributed by atoms with Crippen LogP contribution in [-0.4, -0.2) is 69.0 Å². The van der Waals surface area contributed by atoms with Gasteiger partial charge in [-0.2, -0.15) is 0 Å². The van der Waals surface area contributed by atoms with Crippen molar-refractivity contribution in [2.45, 2.75) is 87.0 Å². The van der Waals surface area contributed by atoms with Gasteiger partial charge in [-0.05, 0) is 0 Å². The first-order valence-electron chi connectivity index (χ1n) is 7.87. The Balaban J connectivity index is 1.69. The number of fused-ring (bicyclic) bond motifs is 3. The Kier molecular flexibility index (Phi) is 4.90. The summed E-state index contributed by atoms with van der Waals surface area (Å²) in [5, 5.41) is 10.9. The van der Waals surface area contributed by atoms with Gasteiger partial charge >= 0.3 is 137 Å². The van der Waals surface area contributed by atoms with Crippen LogP contribution in [0.3, 0.4) is 0 Å². The zero-order chi connectivity index (χ0) is 16.0. The van der Waals surface area contributed by atoms with E-state index in [-0.39, 0.29) is 31.0 Å². The minimum atomic E-state index is -0.660. The van der Waals surface area contributed by atoms with Crippen molar-refractivity contribution in [2.75, 3.05) is 6.61 Å². The first kappa shape index (κ1) is 17.1. The summed E-state index contributed by atoms with van der Waals surface area (Å²) in [5.74, 6) is -1.28. The molecule has 3 aliphatic rings. The van der Waals surface area contributed by atoms with Gasteiger partial charge in [0.25, 0.3) is 0 Å². The summed E-state index contributed by atoms with van der Waals surface area (Å²) >= 11 is 0.413. The Hall–Kier alpha value is 0.279. The van der Waals surface area contributed by atoms with Crippen LogP contribution in [0.1, 0.15) is 34.1 Å². The molecule has 0 aromatic rings. The predicted molar refractivity (Wildman–Crippen MR) is 79.6 cm³/mol. The van der Waals surface area contributed by atoms with E-state index in [1.54, 1.807) is 0 Å². The van der Waals surface area contributed by atoms with Crippen molar-refractivity contribution in [1.29, 1.82) is 0 Å². The van der Waals surface area contributed by atoms with Crippen LogP contribution in [0.25, 0.3) is 0 Å². The van der Waals surface area contributed by atoms with Gasteiger partial charge in [-0.1, -0.05) is 0 Å². The van der Waals surface area contributed by atoms with E-state index in [9.17, 15) is 0 Å². The van der Waals surface area contributed by atoms with Gasteiger partial charge in [-0.25, -0.2) is 0 Å². The minimum absolute atomic E-state index is 0.0378. The number of aliphatic hydroxyl groups excluding tert-OH is 1. The zero-order valence-electron chi connectivity index (χ0n) is 13.6. The molecule has 5 atom stereocenters. The van der Waals surface area contributed by atoms with Gasteiger partial charge in [0.15, 0.2) is 0 Å². The molecule has 0 radical (unpaired) electrons. The van der Waals surface area contributed by atoms with E-state index in [1.807, 2.05) is 27.7 Å². The summed E-state index contributed by atoms with van der Waals surface area (Å²) in [6.07, 6.45) is -0.110. The van der Waals surface area contributed by atoms with Gasteiger partial charge < -0.3 is 0 Å². The molecule has 6 nitrogen and oxygen atoms in total. The topological polar surface area (TPSA) is 66.4 Å². The van der Waals surface area contributed by atoms with Crippen molar-refractivity contribution in [3.05, 3.63) is 0 Å². The molecular formula is C15H26O6Se. The molecule has 22 heavy (non-hydrogen) atoms. The molecule has 128 valence electrons. The van der Waals surface area contributed by atoms with Crippen LogP contribution in [0, 0.1) is 0 Å². The van der Waals surface area contributed by atoms with Crippen LogP contribution in [0.2, 0.25) is 10.6 Å². The second-order valence-electron chi connectivity index (χ2n) is 6.86. The zero-order valence-corrected chi connectivity index (χ0v) is 15.3. The molecule has 0 spiro atoms. The molecule has 0 unspecified atom stereocenters. The van der Waals surface area contributed by atoms with Crippen LogP contribution in [0.5, 0.6) is 0 Å². The van der Waals surface area contributed by atoms with Crippen molar-refractivity contribution < 1.29 is 28.8 Å². The van der Waals surface area contributed by atoms with Crippen molar-refractivity contribution in [1.82, 2.24) is 0 Å². The van der Waals surface area contributed by atoms with E-state index in [0.29, 0.717) is 15.0 Å². The van der Waals surface area contributed by atoms with Gasteiger partial charge in [0.2, 0.25) is 0 Å². The molecule has 3 fully saturated rings. The molecule has 0 bridgehead atoms. The van der Waals surface area contributed by atoms with Crippen LogP contribution in [-0.2, 0) is 23.7 Å². The van der Waals surface area contributed by atoms with Crippen LogP contribution in [0.4, 0.5) is 0 Å². The van der Waals surface area contributed by atoms with E-state index in [1.165, 1.54) is 0 Å². The van der Waals surface area contributed by atoms with E-state index < -0.39 is 17.9 Å². The number of hydrogen-bond acceptors (Lipinski definition) is 6. The fraction of sp³-hybridized carbons (Fsp3) is 1.00. The van der Waals surface area contributed by atoms with Crippen molar-refractivity contribution in [3.63, 3.8) is 0 Å². The van der Waals surface area contributed by atoms with Gasteiger partial charge in [0, 0.05) is 0 Å². The van der Waals surface area contributed by atoms with Crippen molar-refractivity contribution in [3.8, 4) is 0 Å². The molecule has 3 saturated heterocycles. The Morgan fingerprint density at radius 2 is 1.55 bits per heavy atom.